The van der Waals surface area contributed by atoms with E-state index in [4.69, 9.17) is 0 Å². The Balaban J connectivity index is 3.67. The van der Waals surface area contributed by atoms with Gasteiger partial charge < -0.3 is 4.74 Å². The van der Waals surface area contributed by atoms with Crippen molar-refractivity contribution in [2.45, 2.75) is 20.3 Å². The van der Waals surface area contributed by atoms with Gasteiger partial charge in [-0.25, -0.2) is 7.91 Å². The van der Waals surface area contributed by atoms with E-state index in [2.05, 4.69) is 18.6 Å². The van der Waals surface area contributed by atoms with Crippen molar-refractivity contribution in [3.63, 3.8) is 0 Å². The molecule has 0 saturated heterocycles. The molecular formula is C7H14INO2. The number of hydrogen-bond donors (Lipinski definition) is 0. The Hall–Kier alpha value is 0. The first-order chi connectivity index (χ1) is 5.11. The normalized spacial score (nSPS) is 12.4. The Morgan fingerprint density at radius 2 is 2.27 bits per heavy atom. The summed E-state index contributed by atoms with van der Waals surface area (Å²) in [5.74, 6) is 0.533. The fourth-order valence-corrected chi connectivity index (χ4v) is 1.45. The first-order valence-corrected chi connectivity index (χ1v) is 4.59. The second-order valence-corrected chi connectivity index (χ2v) is 3.69. The van der Waals surface area contributed by atoms with Gasteiger partial charge in [0.2, 0.25) is 0 Å². The van der Waals surface area contributed by atoms with Crippen molar-refractivity contribution in [3.05, 3.63) is 0 Å². The van der Waals surface area contributed by atoms with E-state index in [1.54, 1.807) is 3.11 Å². The molecule has 0 rings (SSSR count). The number of nitrogens with zero attached hydrogens (tertiary/aromatic N) is 1. The van der Waals surface area contributed by atoms with E-state index in [1.807, 2.05) is 22.9 Å². The maximum atomic E-state index is 10.9. The molecule has 0 aliphatic carbocycles. The lowest BCUT2D eigenvalue weighted by atomic mass is 10.1. The van der Waals surface area contributed by atoms with Gasteiger partial charge in [-0.1, -0.05) is 20.3 Å². The highest BCUT2D eigenvalue weighted by Gasteiger charge is 2.12. The fraction of sp³-hybridized carbons (Fsp3) is 0.857. The second-order valence-electron chi connectivity index (χ2n) is 2.53. The van der Waals surface area contributed by atoms with Crippen LogP contribution in [0.4, 0.5) is 4.79 Å². The predicted octanol–water partition coefficient (Wildman–Crippen LogP) is 2.45. The van der Waals surface area contributed by atoms with E-state index in [-0.39, 0.29) is 6.09 Å². The van der Waals surface area contributed by atoms with Gasteiger partial charge in [0.25, 0.3) is 0 Å². The van der Waals surface area contributed by atoms with Crippen LogP contribution in [0.1, 0.15) is 20.3 Å². The van der Waals surface area contributed by atoms with E-state index in [1.165, 1.54) is 7.11 Å². The van der Waals surface area contributed by atoms with E-state index < -0.39 is 0 Å². The van der Waals surface area contributed by atoms with Gasteiger partial charge in [-0.15, -0.1) is 0 Å². The van der Waals surface area contributed by atoms with Crippen LogP contribution < -0.4 is 0 Å². The molecule has 11 heavy (non-hydrogen) atoms. The number of methoxy groups -OCH3 is 1. The fourth-order valence-electron chi connectivity index (χ4n) is 0.576. The molecular weight excluding hydrogens is 257 g/mol. The standard InChI is InChI=1S/C7H14INO2/c1-4-6(2)5-9(8)7(10)11-3/h6H,4-5H2,1-3H3/t6-/m1/s1. The predicted molar refractivity (Wildman–Crippen MR) is 52.6 cm³/mol. The maximum Gasteiger partial charge on any atom is 0.418 e. The van der Waals surface area contributed by atoms with Crippen LogP contribution in [0.15, 0.2) is 0 Å². The Bertz CT molecular complexity index is 130. The van der Waals surface area contributed by atoms with Gasteiger partial charge in [0.15, 0.2) is 0 Å². The maximum absolute atomic E-state index is 10.9. The highest BCUT2D eigenvalue weighted by atomic mass is 127. The molecule has 0 aromatic rings. The molecule has 0 N–H and O–H groups in total. The zero-order chi connectivity index (χ0) is 8.85. The Labute approximate surface area is 81.6 Å². The number of rotatable bonds is 3. The number of amides is 1. The summed E-state index contributed by atoms with van der Waals surface area (Å²) in [5.41, 5.74) is 0. The van der Waals surface area contributed by atoms with Crippen LogP contribution in [0.25, 0.3) is 0 Å². The number of carbonyl (C=O) groups is 1. The molecule has 0 radical (unpaired) electrons. The monoisotopic (exact) mass is 271 g/mol. The Morgan fingerprint density at radius 1 is 1.73 bits per heavy atom. The minimum absolute atomic E-state index is 0.272. The number of halogens is 1. The lowest BCUT2D eigenvalue weighted by Gasteiger charge is -2.16. The van der Waals surface area contributed by atoms with Gasteiger partial charge in [-0.3, -0.25) is 0 Å². The van der Waals surface area contributed by atoms with Gasteiger partial charge in [0.1, 0.15) is 0 Å². The van der Waals surface area contributed by atoms with Crippen molar-refractivity contribution in [2.24, 2.45) is 5.92 Å². The van der Waals surface area contributed by atoms with Gasteiger partial charge >= 0.3 is 6.09 Å². The topological polar surface area (TPSA) is 29.5 Å². The van der Waals surface area contributed by atoms with E-state index in [9.17, 15) is 4.79 Å². The van der Waals surface area contributed by atoms with Gasteiger partial charge in [0, 0.05) is 6.54 Å². The molecule has 1 atom stereocenters. The van der Waals surface area contributed by atoms with Crippen LogP contribution in [-0.4, -0.2) is 22.9 Å². The van der Waals surface area contributed by atoms with E-state index in [0.29, 0.717) is 5.92 Å². The minimum atomic E-state index is -0.272. The van der Waals surface area contributed by atoms with Crippen LogP contribution in [0.5, 0.6) is 0 Å². The summed E-state index contributed by atoms with van der Waals surface area (Å²) in [7, 11) is 1.39. The van der Waals surface area contributed by atoms with Crippen LogP contribution in [0.2, 0.25) is 0 Å². The highest BCUT2D eigenvalue weighted by Crippen LogP contribution is 2.09. The zero-order valence-electron chi connectivity index (χ0n) is 7.13. The molecule has 0 bridgehead atoms. The molecule has 0 aliphatic rings. The third kappa shape index (κ3) is 4.44. The zero-order valence-corrected chi connectivity index (χ0v) is 9.29. The summed E-state index contributed by atoms with van der Waals surface area (Å²) in [6.07, 6.45) is 0.808. The van der Waals surface area contributed by atoms with Crippen molar-refractivity contribution in [1.82, 2.24) is 3.11 Å². The van der Waals surface area contributed by atoms with Crippen LogP contribution in [-0.2, 0) is 4.74 Å². The number of ether oxygens (including phenoxy) is 1. The SMILES string of the molecule is CC[C@@H](C)CN(I)C(=O)OC. The lowest BCUT2D eigenvalue weighted by molar-refractivity contribution is 0.152. The van der Waals surface area contributed by atoms with Crippen LogP contribution in [0, 0.1) is 5.92 Å². The number of carbonyl (C=O) groups excluding carboxylic acids is 1. The molecule has 1 amide bonds. The first kappa shape index (κ1) is 11.0. The third-order valence-corrected chi connectivity index (χ3v) is 2.33. The van der Waals surface area contributed by atoms with Gasteiger partial charge in [0.05, 0.1) is 30.0 Å². The average molecular weight is 271 g/mol. The summed E-state index contributed by atoms with van der Waals surface area (Å²) in [6.45, 7) is 4.96. The summed E-state index contributed by atoms with van der Waals surface area (Å²) >= 11 is 1.96. The Kier molecular flexibility index (Phi) is 5.62. The van der Waals surface area contributed by atoms with Gasteiger partial charge in [-0.05, 0) is 5.92 Å². The van der Waals surface area contributed by atoms with E-state index in [0.717, 1.165) is 13.0 Å². The molecule has 0 heterocycles. The third-order valence-electron chi connectivity index (χ3n) is 1.54. The first-order valence-electron chi connectivity index (χ1n) is 3.63. The summed E-state index contributed by atoms with van der Waals surface area (Å²) in [4.78, 5) is 10.9. The highest BCUT2D eigenvalue weighted by molar-refractivity contribution is 14.1. The van der Waals surface area contributed by atoms with Crippen LogP contribution in [0.3, 0.4) is 0 Å². The molecule has 0 aliphatic heterocycles. The smallest absolute Gasteiger partial charge is 0.418 e. The minimum Gasteiger partial charge on any atom is -0.452 e. The van der Waals surface area contributed by atoms with Crippen molar-refractivity contribution in [1.29, 1.82) is 0 Å². The molecule has 3 nitrogen and oxygen atoms in total. The molecule has 0 saturated carbocycles. The summed E-state index contributed by atoms with van der Waals surface area (Å²) < 4.78 is 6.10. The summed E-state index contributed by atoms with van der Waals surface area (Å²) in [5, 5.41) is 0. The van der Waals surface area contributed by atoms with Crippen LogP contribution >= 0.6 is 22.9 Å². The lowest BCUT2D eigenvalue weighted by Crippen LogP contribution is -2.25. The molecule has 66 valence electrons. The van der Waals surface area contributed by atoms with Crippen molar-refractivity contribution in [2.75, 3.05) is 13.7 Å². The second kappa shape index (κ2) is 5.62. The van der Waals surface area contributed by atoms with Crippen molar-refractivity contribution in [3.8, 4) is 0 Å². The van der Waals surface area contributed by atoms with Crippen molar-refractivity contribution >= 4 is 29.0 Å². The molecule has 0 aromatic heterocycles. The largest absolute Gasteiger partial charge is 0.452 e. The summed E-state index contributed by atoms with van der Waals surface area (Å²) in [6, 6.07) is 0. The van der Waals surface area contributed by atoms with Gasteiger partial charge in [-0.2, -0.15) is 0 Å². The number of hydrogen-bond acceptors (Lipinski definition) is 2. The quantitative estimate of drug-likeness (QED) is 0.583. The molecule has 0 spiro atoms. The average Bonchev–Trinajstić information content (AvgIpc) is 2.02. The molecule has 0 fully saturated rings. The molecule has 4 heteroatoms. The van der Waals surface area contributed by atoms with Crippen molar-refractivity contribution < 1.29 is 9.53 Å². The Morgan fingerprint density at radius 3 is 2.64 bits per heavy atom. The molecule has 0 unspecified atom stereocenters. The molecule has 0 aromatic carbocycles. The van der Waals surface area contributed by atoms with E-state index >= 15 is 0 Å².